The molecule has 1 aromatic rings. The van der Waals surface area contributed by atoms with Gasteiger partial charge >= 0.3 is 0 Å². The Kier molecular flexibility index (Phi) is 6.80. The quantitative estimate of drug-likeness (QED) is 0.826. The highest BCUT2D eigenvalue weighted by Gasteiger charge is 2.04. The summed E-state index contributed by atoms with van der Waals surface area (Å²) in [6.07, 6.45) is 0. The van der Waals surface area contributed by atoms with E-state index in [9.17, 15) is 0 Å². The van der Waals surface area contributed by atoms with Crippen LogP contribution >= 0.6 is 0 Å². The number of hydrogen-bond acceptors (Lipinski definition) is 2. The fourth-order valence-electron chi connectivity index (χ4n) is 1.37. The van der Waals surface area contributed by atoms with Crippen molar-refractivity contribution in [1.82, 2.24) is 5.32 Å². The number of methoxy groups -OCH3 is 1. The van der Waals surface area contributed by atoms with Crippen molar-refractivity contribution in [3.05, 3.63) is 28.8 Å². The molecule has 1 N–H and O–H groups in total. The minimum atomic E-state index is 0.851. The molecule has 0 bridgehead atoms. The molecule has 0 saturated carbocycles. The molecule has 0 radical (unpaired) electrons. The minimum Gasteiger partial charge on any atom is -0.496 e. The zero-order chi connectivity index (χ0) is 11.8. The summed E-state index contributed by atoms with van der Waals surface area (Å²) >= 11 is 0. The maximum atomic E-state index is 5.29. The molecule has 0 atom stereocenters. The molecule has 15 heavy (non-hydrogen) atoms. The average Bonchev–Trinajstić information content (AvgIpc) is 2.26. The van der Waals surface area contributed by atoms with Crippen LogP contribution < -0.4 is 10.1 Å². The summed E-state index contributed by atoms with van der Waals surface area (Å²) in [5, 5.41) is 3.13. The van der Waals surface area contributed by atoms with Crippen molar-refractivity contribution in [3.63, 3.8) is 0 Å². The first kappa shape index (κ1) is 14.0. The van der Waals surface area contributed by atoms with Crippen LogP contribution in [0.3, 0.4) is 0 Å². The maximum absolute atomic E-state index is 5.29. The van der Waals surface area contributed by atoms with Crippen LogP contribution in [0.4, 0.5) is 0 Å². The van der Waals surface area contributed by atoms with Crippen LogP contribution in [-0.2, 0) is 6.54 Å². The van der Waals surface area contributed by atoms with Gasteiger partial charge < -0.3 is 10.1 Å². The Hall–Kier alpha value is -1.02. The Bertz CT molecular complexity index is 295. The molecule has 2 nitrogen and oxygen atoms in total. The molecule has 0 aliphatic carbocycles. The second-order valence-electron chi connectivity index (χ2n) is 3.28. The third-order valence-corrected chi connectivity index (χ3v) is 2.26. The normalized spacial score (nSPS) is 9.20. The molecule has 0 heterocycles. The van der Waals surface area contributed by atoms with Gasteiger partial charge in [0.15, 0.2) is 0 Å². The predicted octanol–water partition coefficient (Wildman–Crippen LogP) is 3.06. The van der Waals surface area contributed by atoms with Crippen molar-refractivity contribution in [2.45, 2.75) is 34.2 Å². The number of benzene rings is 1. The largest absolute Gasteiger partial charge is 0.496 e. The van der Waals surface area contributed by atoms with Crippen LogP contribution in [0.1, 0.15) is 30.5 Å². The van der Waals surface area contributed by atoms with Gasteiger partial charge in [-0.3, -0.25) is 0 Å². The third-order valence-electron chi connectivity index (χ3n) is 2.26. The topological polar surface area (TPSA) is 21.3 Å². The van der Waals surface area contributed by atoms with Crippen molar-refractivity contribution in [2.75, 3.05) is 14.2 Å². The average molecular weight is 209 g/mol. The number of hydrogen-bond donors (Lipinski definition) is 1. The molecule has 1 rings (SSSR count). The molecule has 0 saturated heterocycles. The number of aryl methyl sites for hydroxylation is 2. The van der Waals surface area contributed by atoms with Gasteiger partial charge in [0, 0.05) is 12.1 Å². The van der Waals surface area contributed by atoms with Crippen molar-refractivity contribution in [1.29, 1.82) is 0 Å². The maximum Gasteiger partial charge on any atom is 0.123 e. The molecule has 0 aliphatic heterocycles. The lowest BCUT2D eigenvalue weighted by Gasteiger charge is -2.11. The number of ether oxygens (including phenoxy) is 1. The summed E-state index contributed by atoms with van der Waals surface area (Å²) in [6.45, 7) is 9.07. The van der Waals surface area contributed by atoms with E-state index in [4.69, 9.17) is 4.74 Å². The summed E-state index contributed by atoms with van der Waals surface area (Å²) in [7, 11) is 3.65. The van der Waals surface area contributed by atoms with Gasteiger partial charge in [-0.05, 0) is 38.1 Å². The van der Waals surface area contributed by atoms with E-state index in [2.05, 4.69) is 31.3 Å². The lowest BCUT2D eigenvalue weighted by Crippen LogP contribution is -2.07. The SMILES string of the molecule is CC.CNCc1cc(C)c(C)cc1OC. The van der Waals surface area contributed by atoms with Gasteiger partial charge in [0.05, 0.1) is 7.11 Å². The fourth-order valence-corrected chi connectivity index (χ4v) is 1.37. The predicted molar refractivity (Wildman–Crippen MR) is 66.6 cm³/mol. The van der Waals surface area contributed by atoms with E-state index in [0.29, 0.717) is 0 Å². The van der Waals surface area contributed by atoms with Crippen LogP contribution in [0.15, 0.2) is 12.1 Å². The molecular weight excluding hydrogens is 186 g/mol. The van der Waals surface area contributed by atoms with Crippen LogP contribution in [-0.4, -0.2) is 14.2 Å². The van der Waals surface area contributed by atoms with Crippen LogP contribution in [0.25, 0.3) is 0 Å². The van der Waals surface area contributed by atoms with Crippen LogP contribution in [0, 0.1) is 13.8 Å². The smallest absolute Gasteiger partial charge is 0.123 e. The Morgan fingerprint density at radius 3 is 2.13 bits per heavy atom. The minimum absolute atomic E-state index is 0.851. The highest BCUT2D eigenvalue weighted by Crippen LogP contribution is 2.22. The molecule has 2 heteroatoms. The van der Waals surface area contributed by atoms with Gasteiger partial charge in [-0.25, -0.2) is 0 Å². The molecule has 0 aliphatic rings. The number of rotatable bonds is 3. The van der Waals surface area contributed by atoms with Crippen molar-refractivity contribution in [2.24, 2.45) is 0 Å². The molecule has 0 amide bonds. The molecule has 0 unspecified atom stereocenters. The van der Waals surface area contributed by atoms with Gasteiger partial charge in [0.2, 0.25) is 0 Å². The van der Waals surface area contributed by atoms with E-state index in [1.807, 2.05) is 20.9 Å². The zero-order valence-corrected chi connectivity index (χ0v) is 10.8. The molecule has 0 spiro atoms. The van der Waals surface area contributed by atoms with Gasteiger partial charge in [-0.2, -0.15) is 0 Å². The van der Waals surface area contributed by atoms with Crippen molar-refractivity contribution in [3.8, 4) is 5.75 Å². The third kappa shape index (κ3) is 3.92. The Labute approximate surface area is 93.7 Å². The standard InChI is InChI=1S/C11H17NO.C2H6/c1-8-5-10(7-12-3)11(13-4)6-9(8)2;1-2/h5-6,12H,7H2,1-4H3;1-2H3. The second kappa shape index (κ2) is 7.30. The van der Waals surface area contributed by atoms with E-state index in [0.717, 1.165) is 12.3 Å². The molecule has 0 aromatic heterocycles. The van der Waals surface area contributed by atoms with E-state index in [-0.39, 0.29) is 0 Å². The first-order valence-electron chi connectivity index (χ1n) is 5.47. The van der Waals surface area contributed by atoms with Crippen LogP contribution in [0.2, 0.25) is 0 Å². The Balaban J connectivity index is 0.000000921. The van der Waals surface area contributed by atoms with Gasteiger partial charge in [0.25, 0.3) is 0 Å². The van der Waals surface area contributed by atoms with E-state index < -0.39 is 0 Å². The highest BCUT2D eigenvalue weighted by atomic mass is 16.5. The fraction of sp³-hybridized carbons (Fsp3) is 0.538. The molecular formula is C13H23NO. The second-order valence-corrected chi connectivity index (χ2v) is 3.28. The molecule has 1 aromatic carbocycles. The van der Waals surface area contributed by atoms with E-state index in [1.165, 1.54) is 16.7 Å². The van der Waals surface area contributed by atoms with Crippen molar-refractivity contribution >= 4 is 0 Å². The summed E-state index contributed by atoms with van der Waals surface area (Å²) in [5.41, 5.74) is 3.80. The zero-order valence-electron chi connectivity index (χ0n) is 10.8. The van der Waals surface area contributed by atoms with E-state index >= 15 is 0 Å². The highest BCUT2D eigenvalue weighted by molar-refractivity contribution is 5.41. The molecule has 86 valence electrons. The van der Waals surface area contributed by atoms with Gasteiger partial charge in [0.1, 0.15) is 5.75 Å². The lowest BCUT2D eigenvalue weighted by molar-refractivity contribution is 0.408. The molecule has 0 fully saturated rings. The van der Waals surface area contributed by atoms with E-state index in [1.54, 1.807) is 7.11 Å². The number of nitrogens with one attached hydrogen (secondary N) is 1. The monoisotopic (exact) mass is 209 g/mol. The summed E-state index contributed by atoms with van der Waals surface area (Å²) in [5.74, 6) is 0.970. The van der Waals surface area contributed by atoms with Crippen LogP contribution in [0.5, 0.6) is 5.75 Å². The first-order chi connectivity index (χ1) is 7.19. The van der Waals surface area contributed by atoms with Crippen molar-refractivity contribution < 1.29 is 4.74 Å². The Morgan fingerprint density at radius 2 is 1.67 bits per heavy atom. The first-order valence-corrected chi connectivity index (χ1v) is 5.47. The lowest BCUT2D eigenvalue weighted by atomic mass is 10.1. The summed E-state index contributed by atoms with van der Waals surface area (Å²) in [6, 6.07) is 4.26. The van der Waals surface area contributed by atoms with Gasteiger partial charge in [-0.1, -0.05) is 19.9 Å². The summed E-state index contributed by atoms with van der Waals surface area (Å²) in [4.78, 5) is 0. The van der Waals surface area contributed by atoms with Gasteiger partial charge in [-0.15, -0.1) is 0 Å². The summed E-state index contributed by atoms with van der Waals surface area (Å²) < 4.78 is 5.29. The Morgan fingerprint density at radius 1 is 1.13 bits per heavy atom.